The van der Waals surface area contributed by atoms with Crippen molar-refractivity contribution in [2.75, 3.05) is 5.73 Å². The second kappa shape index (κ2) is 5.10. The minimum absolute atomic E-state index is 0.247. The van der Waals surface area contributed by atoms with E-state index in [1.165, 1.54) is 17.8 Å². The van der Waals surface area contributed by atoms with E-state index in [0.717, 1.165) is 0 Å². The van der Waals surface area contributed by atoms with E-state index in [0.29, 0.717) is 15.5 Å². The summed E-state index contributed by atoms with van der Waals surface area (Å²) in [6.45, 7) is 0. The molecule has 5 heteroatoms. The normalized spacial score (nSPS) is 10.3. The summed E-state index contributed by atoms with van der Waals surface area (Å²) in [6, 6.07) is 11.3. The Kier molecular flexibility index (Phi) is 3.53. The number of benzene rings is 2. The predicted molar refractivity (Wildman–Crippen MR) is 69.9 cm³/mol. The number of carbonyl (C=O) groups excluding carboxylic acids is 1. The summed E-state index contributed by atoms with van der Waals surface area (Å²) in [5, 5.41) is 0. The standard InChI is InChI=1S/C13H11FN2OS/c14-10-3-1-2-4-12(10)18-8-5-6-11(15)9(7-8)13(16)17/h1-7H,15H2,(H2,16,17). The van der Waals surface area contributed by atoms with Crippen molar-refractivity contribution >= 4 is 23.4 Å². The third-order valence-electron chi connectivity index (χ3n) is 2.35. The number of rotatable bonds is 3. The highest BCUT2D eigenvalue weighted by molar-refractivity contribution is 7.99. The monoisotopic (exact) mass is 262 g/mol. The predicted octanol–water partition coefficient (Wildman–Crippen LogP) is 2.66. The van der Waals surface area contributed by atoms with Gasteiger partial charge in [0.1, 0.15) is 5.82 Å². The first-order chi connectivity index (χ1) is 8.58. The Hall–Kier alpha value is -2.01. The van der Waals surface area contributed by atoms with Gasteiger partial charge in [-0.2, -0.15) is 0 Å². The number of anilines is 1. The van der Waals surface area contributed by atoms with E-state index in [1.54, 1.807) is 36.4 Å². The first-order valence-corrected chi connectivity index (χ1v) is 6.01. The number of carbonyl (C=O) groups is 1. The molecule has 0 spiro atoms. The zero-order chi connectivity index (χ0) is 13.1. The zero-order valence-electron chi connectivity index (χ0n) is 9.39. The van der Waals surface area contributed by atoms with Gasteiger partial charge in [-0.1, -0.05) is 23.9 Å². The fourth-order valence-corrected chi connectivity index (χ4v) is 2.35. The molecular weight excluding hydrogens is 251 g/mol. The molecular formula is C13H11FN2OS. The summed E-state index contributed by atoms with van der Waals surface area (Å²) >= 11 is 1.22. The fourth-order valence-electron chi connectivity index (χ4n) is 1.47. The van der Waals surface area contributed by atoms with Crippen molar-refractivity contribution in [1.29, 1.82) is 0 Å². The van der Waals surface area contributed by atoms with Crippen molar-refractivity contribution in [1.82, 2.24) is 0 Å². The number of amides is 1. The first kappa shape index (κ1) is 12.4. The van der Waals surface area contributed by atoms with Crippen LogP contribution in [0.15, 0.2) is 52.3 Å². The van der Waals surface area contributed by atoms with Crippen molar-refractivity contribution in [3.63, 3.8) is 0 Å². The third kappa shape index (κ3) is 2.62. The molecule has 18 heavy (non-hydrogen) atoms. The average molecular weight is 262 g/mol. The van der Waals surface area contributed by atoms with Crippen LogP contribution in [0.5, 0.6) is 0 Å². The summed E-state index contributed by atoms with van der Waals surface area (Å²) in [7, 11) is 0. The molecule has 92 valence electrons. The van der Waals surface area contributed by atoms with Gasteiger partial charge in [-0.05, 0) is 30.3 Å². The van der Waals surface area contributed by atoms with Gasteiger partial charge in [-0.15, -0.1) is 0 Å². The topological polar surface area (TPSA) is 69.1 Å². The molecule has 0 radical (unpaired) electrons. The highest BCUT2D eigenvalue weighted by atomic mass is 32.2. The molecule has 2 aromatic carbocycles. The molecule has 0 aromatic heterocycles. The third-order valence-corrected chi connectivity index (χ3v) is 3.40. The van der Waals surface area contributed by atoms with Gasteiger partial charge in [-0.25, -0.2) is 4.39 Å². The molecule has 0 unspecified atom stereocenters. The number of hydrogen-bond acceptors (Lipinski definition) is 3. The Morgan fingerprint density at radius 1 is 1.17 bits per heavy atom. The molecule has 4 N–H and O–H groups in total. The summed E-state index contributed by atoms with van der Waals surface area (Å²) < 4.78 is 13.5. The van der Waals surface area contributed by atoms with Gasteiger partial charge in [0.05, 0.1) is 5.56 Å². The number of halogens is 1. The highest BCUT2D eigenvalue weighted by Gasteiger charge is 2.09. The van der Waals surface area contributed by atoms with Crippen LogP contribution < -0.4 is 11.5 Å². The van der Waals surface area contributed by atoms with Gasteiger partial charge in [0, 0.05) is 15.5 Å². The van der Waals surface area contributed by atoms with Crippen LogP contribution in [-0.4, -0.2) is 5.91 Å². The van der Waals surface area contributed by atoms with Gasteiger partial charge < -0.3 is 11.5 Å². The molecule has 1 amide bonds. The lowest BCUT2D eigenvalue weighted by molar-refractivity contribution is 0.100. The molecule has 0 heterocycles. The van der Waals surface area contributed by atoms with Crippen LogP contribution in [0.1, 0.15) is 10.4 Å². The summed E-state index contributed by atoms with van der Waals surface area (Å²) in [5.41, 5.74) is 11.4. The van der Waals surface area contributed by atoms with Crippen molar-refractivity contribution in [3.05, 3.63) is 53.8 Å². The molecule has 0 bridgehead atoms. The van der Waals surface area contributed by atoms with E-state index in [-0.39, 0.29) is 11.4 Å². The minimum Gasteiger partial charge on any atom is -0.398 e. The van der Waals surface area contributed by atoms with E-state index < -0.39 is 5.91 Å². The zero-order valence-corrected chi connectivity index (χ0v) is 10.2. The van der Waals surface area contributed by atoms with E-state index in [2.05, 4.69) is 0 Å². The second-order valence-corrected chi connectivity index (χ2v) is 4.76. The van der Waals surface area contributed by atoms with Crippen LogP contribution >= 0.6 is 11.8 Å². The van der Waals surface area contributed by atoms with Crippen LogP contribution in [0.3, 0.4) is 0 Å². The molecule has 0 aliphatic carbocycles. The van der Waals surface area contributed by atoms with Crippen molar-refractivity contribution < 1.29 is 9.18 Å². The molecule has 0 saturated carbocycles. The summed E-state index contributed by atoms with van der Waals surface area (Å²) in [5.74, 6) is -0.900. The molecule has 2 rings (SSSR count). The number of hydrogen-bond donors (Lipinski definition) is 2. The molecule has 0 saturated heterocycles. The van der Waals surface area contributed by atoms with Crippen LogP contribution in [-0.2, 0) is 0 Å². The number of nitrogen functional groups attached to an aromatic ring is 1. The van der Waals surface area contributed by atoms with Crippen molar-refractivity contribution in [2.24, 2.45) is 5.73 Å². The van der Waals surface area contributed by atoms with E-state index >= 15 is 0 Å². The van der Waals surface area contributed by atoms with Gasteiger partial charge >= 0.3 is 0 Å². The lowest BCUT2D eigenvalue weighted by Crippen LogP contribution is -2.13. The Bertz CT molecular complexity index is 601. The number of nitrogens with two attached hydrogens (primary N) is 2. The Labute approximate surface area is 108 Å². The van der Waals surface area contributed by atoms with Crippen LogP contribution in [0, 0.1) is 5.82 Å². The lowest BCUT2D eigenvalue weighted by atomic mass is 10.2. The maximum absolute atomic E-state index is 13.5. The van der Waals surface area contributed by atoms with E-state index in [1.807, 2.05) is 0 Å². The Balaban J connectivity index is 2.33. The maximum atomic E-state index is 13.5. The van der Waals surface area contributed by atoms with Gasteiger partial charge in [0.2, 0.25) is 0 Å². The summed E-state index contributed by atoms with van der Waals surface area (Å²) in [6.07, 6.45) is 0. The average Bonchev–Trinajstić information content (AvgIpc) is 2.34. The van der Waals surface area contributed by atoms with Crippen LogP contribution in [0.25, 0.3) is 0 Å². The molecule has 0 aliphatic rings. The quantitative estimate of drug-likeness (QED) is 0.835. The molecule has 0 atom stereocenters. The van der Waals surface area contributed by atoms with Gasteiger partial charge in [0.25, 0.3) is 5.91 Å². The van der Waals surface area contributed by atoms with Gasteiger partial charge in [-0.3, -0.25) is 4.79 Å². The lowest BCUT2D eigenvalue weighted by Gasteiger charge is -2.06. The molecule has 0 aliphatic heterocycles. The maximum Gasteiger partial charge on any atom is 0.250 e. The highest BCUT2D eigenvalue weighted by Crippen LogP contribution is 2.31. The SMILES string of the molecule is NC(=O)c1cc(Sc2ccccc2F)ccc1N. The smallest absolute Gasteiger partial charge is 0.250 e. The molecule has 0 fully saturated rings. The number of primary amides is 1. The minimum atomic E-state index is -0.594. The van der Waals surface area contributed by atoms with Crippen LogP contribution in [0.2, 0.25) is 0 Å². The van der Waals surface area contributed by atoms with E-state index in [9.17, 15) is 9.18 Å². The van der Waals surface area contributed by atoms with Crippen molar-refractivity contribution in [2.45, 2.75) is 9.79 Å². The Morgan fingerprint density at radius 3 is 2.56 bits per heavy atom. The fraction of sp³-hybridized carbons (Fsp3) is 0. The first-order valence-electron chi connectivity index (χ1n) is 5.19. The van der Waals surface area contributed by atoms with Gasteiger partial charge in [0.15, 0.2) is 0 Å². The second-order valence-electron chi connectivity index (χ2n) is 3.65. The Morgan fingerprint density at radius 2 is 1.89 bits per heavy atom. The van der Waals surface area contributed by atoms with E-state index in [4.69, 9.17) is 11.5 Å². The molecule has 2 aromatic rings. The molecule has 3 nitrogen and oxygen atoms in total. The van der Waals surface area contributed by atoms with Crippen LogP contribution in [0.4, 0.5) is 10.1 Å². The largest absolute Gasteiger partial charge is 0.398 e. The van der Waals surface area contributed by atoms with Crippen molar-refractivity contribution in [3.8, 4) is 0 Å². The summed E-state index contributed by atoms with van der Waals surface area (Å²) in [4.78, 5) is 12.3.